The Kier molecular flexibility index (Phi) is 3.14. The Balaban J connectivity index is 2.13. The van der Waals surface area contributed by atoms with Crippen LogP contribution in [-0.4, -0.2) is 9.55 Å². The third-order valence-electron chi connectivity index (χ3n) is 4.80. The molecule has 2 aromatic heterocycles. The molecule has 0 fully saturated rings. The van der Waals surface area contributed by atoms with Gasteiger partial charge in [-0.15, -0.1) is 0 Å². The van der Waals surface area contributed by atoms with E-state index in [4.69, 9.17) is 0 Å². The van der Waals surface area contributed by atoms with Crippen molar-refractivity contribution in [2.24, 2.45) is 7.05 Å². The lowest BCUT2D eigenvalue weighted by atomic mass is 9.98. The van der Waals surface area contributed by atoms with Crippen LogP contribution in [0.1, 0.15) is 16.7 Å². The molecule has 0 bridgehead atoms. The van der Waals surface area contributed by atoms with Gasteiger partial charge >= 0.3 is 0 Å². The number of nitrogens with zero attached hydrogens (tertiary/aromatic N) is 1. The topological polar surface area (TPSA) is 37.8 Å². The molecule has 3 heteroatoms. The second-order valence-corrected chi connectivity index (χ2v) is 6.68. The molecule has 0 aliphatic rings. The molecule has 0 saturated heterocycles. The molecule has 4 aromatic rings. The van der Waals surface area contributed by atoms with Crippen LogP contribution in [0, 0.1) is 20.8 Å². The fourth-order valence-corrected chi connectivity index (χ4v) is 3.52. The van der Waals surface area contributed by atoms with Gasteiger partial charge < -0.3 is 4.98 Å². The van der Waals surface area contributed by atoms with Crippen LogP contribution in [0.15, 0.2) is 47.3 Å². The van der Waals surface area contributed by atoms with E-state index >= 15 is 0 Å². The lowest BCUT2D eigenvalue weighted by Gasteiger charge is -2.09. The van der Waals surface area contributed by atoms with Crippen molar-refractivity contribution in [3.05, 3.63) is 69.5 Å². The highest BCUT2D eigenvalue weighted by Gasteiger charge is 2.14. The summed E-state index contributed by atoms with van der Waals surface area (Å²) in [6.07, 6.45) is 0. The van der Waals surface area contributed by atoms with E-state index in [1.54, 1.807) is 4.57 Å². The molecule has 0 spiro atoms. The number of aromatic amines is 1. The molecule has 2 heterocycles. The van der Waals surface area contributed by atoms with E-state index in [0.717, 1.165) is 38.6 Å². The number of fused-ring (bicyclic) bond motifs is 3. The Morgan fingerprint density at radius 3 is 2.29 bits per heavy atom. The summed E-state index contributed by atoms with van der Waals surface area (Å²) < 4.78 is 1.72. The number of benzene rings is 2. The molecular formula is C21H20N2O. The molecule has 0 unspecified atom stereocenters. The van der Waals surface area contributed by atoms with Crippen molar-refractivity contribution in [2.45, 2.75) is 20.8 Å². The van der Waals surface area contributed by atoms with E-state index in [9.17, 15) is 4.79 Å². The zero-order chi connectivity index (χ0) is 17.0. The van der Waals surface area contributed by atoms with E-state index in [-0.39, 0.29) is 5.56 Å². The van der Waals surface area contributed by atoms with E-state index in [2.05, 4.69) is 56.1 Å². The van der Waals surface area contributed by atoms with E-state index in [1.807, 2.05) is 19.2 Å². The summed E-state index contributed by atoms with van der Waals surface area (Å²) in [5.41, 5.74) is 7.26. The first kappa shape index (κ1) is 14.8. The lowest BCUT2D eigenvalue weighted by molar-refractivity contribution is 0.896. The van der Waals surface area contributed by atoms with Crippen LogP contribution >= 0.6 is 0 Å². The van der Waals surface area contributed by atoms with Crippen LogP contribution in [0.5, 0.6) is 0 Å². The molecule has 2 aromatic carbocycles. The van der Waals surface area contributed by atoms with Crippen molar-refractivity contribution in [1.29, 1.82) is 0 Å². The first-order valence-electron chi connectivity index (χ1n) is 8.15. The molecule has 4 rings (SSSR count). The summed E-state index contributed by atoms with van der Waals surface area (Å²) in [6, 6.07) is 14.6. The second-order valence-electron chi connectivity index (χ2n) is 6.68. The zero-order valence-corrected chi connectivity index (χ0v) is 14.4. The average Bonchev–Trinajstić information content (AvgIpc) is 2.89. The van der Waals surface area contributed by atoms with Gasteiger partial charge in [0.2, 0.25) is 0 Å². The third-order valence-corrected chi connectivity index (χ3v) is 4.80. The van der Waals surface area contributed by atoms with Gasteiger partial charge in [0.25, 0.3) is 5.56 Å². The van der Waals surface area contributed by atoms with Crippen LogP contribution in [0.2, 0.25) is 0 Å². The van der Waals surface area contributed by atoms with Crippen molar-refractivity contribution >= 4 is 21.9 Å². The highest BCUT2D eigenvalue weighted by atomic mass is 16.1. The molecule has 0 aliphatic carbocycles. The van der Waals surface area contributed by atoms with Crippen molar-refractivity contribution < 1.29 is 0 Å². The Bertz CT molecular complexity index is 1160. The largest absolute Gasteiger partial charge is 0.341 e. The maximum atomic E-state index is 12.9. The molecule has 0 aliphatic heterocycles. The number of aryl methyl sites for hydroxylation is 4. The van der Waals surface area contributed by atoms with Crippen LogP contribution in [0.25, 0.3) is 33.1 Å². The number of H-pyrrole nitrogens is 1. The number of pyridine rings is 1. The van der Waals surface area contributed by atoms with Crippen molar-refractivity contribution in [2.75, 3.05) is 0 Å². The SMILES string of the molecule is Cc1ccc(-c2cc3c4cc(C)ccc4[nH]c3n(C)c2=O)c(C)c1. The van der Waals surface area contributed by atoms with Crippen molar-refractivity contribution in [3.8, 4) is 11.1 Å². The Hall–Kier alpha value is -2.81. The number of nitrogens with one attached hydrogen (secondary N) is 1. The maximum absolute atomic E-state index is 12.9. The normalized spacial score (nSPS) is 11.5. The molecule has 0 amide bonds. The number of hydrogen-bond donors (Lipinski definition) is 1. The second kappa shape index (κ2) is 5.10. The zero-order valence-electron chi connectivity index (χ0n) is 14.4. The van der Waals surface area contributed by atoms with Crippen molar-refractivity contribution in [1.82, 2.24) is 9.55 Å². The molecule has 3 nitrogen and oxygen atoms in total. The van der Waals surface area contributed by atoms with Gasteiger partial charge in [0, 0.05) is 28.9 Å². The smallest absolute Gasteiger partial charge is 0.259 e. The van der Waals surface area contributed by atoms with Gasteiger partial charge in [-0.2, -0.15) is 0 Å². The van der Waals surface area contributed by atoms with Crippen molar-refractivity contribution in [3.63, 3.8) is 0 Å². The van der Waals surface area contributed by atoms with E-state index in [1.165, 1.54) is 11.1 Å². The van der Waals surface area contributed by atoms with E-state index < -0.39 is 0 Å². The molecule has 0 atom stereocenters. The minimum Gasteiger partial charge on any atom is -0.341 e. The van der Waals surface area contributed by atoms with Gasteiger partial charge in [-0.05, 0) is 50.1 Å². The molecule has 0 saturated carbocycles. The number of aromatic nitrogens is 2. The predicted molar refractivity (Wildman–Crippen MR) is 101 cm³/mol. The van der Waals surface area contributed by atoms with Gasteiger partial charge in [0.1, 0.15) is 5.65 Å². The van der Waals surface area contributed by atoms with Crippen LogP contribution in [0.3, 0.4) is 0 Å². The minimum atomic E-state index is 0.0257. The fourth-order valence-electron chi connectivity index (χ4n) is 3.52. The highest BCUT2D eigenvalue weighted by Crippen LogP contribution is 2.29. The standard InChI is InChI=1S/C21H20N2O/c1-12-5-7-15(14(3)9-12)18-11-17-16-10-13(2)6-8-19(16)22-20(17)23(4)21(18)24/h5-11,22H,1-4H3. The van der Waals surface area contributed by atoms with E-state index in [0.29, 0.717) is 0 Å². The first-order chi connectivity index (χ1) is 11.5. The summed E-state index contributed by atoms with van der Waals surface area (Å²) in [4.78, 5) is 16.3. The van der Waals surface area contributed by atoms with Gasteiger partial charge in [-0.25, -0.2) is 0 Å². The third kappa shape index (κ3) is 2.08. The quantitative estimate of drug-likeness (QED) is 0.547. The van der Waals surface area contributed by atoms with Crippen LogP contribution in [-0.2, 0) is 7.05 Å². The highest BCUT2D eigenvalue weighted by molar-refractivity contribution is 6.07. The number of rotatable bonds is 1. The number of hydrogen-bond acceptors (Lipinski definition) is 1. The van der Waals surface area contributed by atoms with Gasteiger partial charge in [-0.1, -0.05) is 35.4 Å². The molecule has 1 N–H and O–H groups in total. The lowest BCUT2D eigenvalue weighted by Crippen LogP contribution is -2.19. The Morgan fingerprint density at radius 2 is 1.54 bits per heavy atom. The average molecular weight is 316 g/mol. The van der Waals surface area contributed by atoms with Crippen LogP contribution < -0.4 is 5.56 Å². The molecule has 24 heavy (non-hydrogen) atoms. The van der Waals surface area contributed by atoms with Crippen LogP contribution in [0.4, 0.5) is 0 Å². The molecule has 120 valence electrons. The Labute approximate surface area is 140 Å². The maximum Gasteiger partial charge on any atom is 0.259 e. The summed E-state index contributed by atoms with van der Waals surface area (Å²) in [6.45, 7) is 6.22. The predicted octanol–water partition coefficient (Wildman–Crippen LogP) is 4.61. The molecule has 0 radical (unpaired) electrons. The van der Waals surface area contributed by atoms with Gasteiger partial charge in [-0.3, -0.25) is 9.36 Å². The first-order valence-corrected chi connectivity index (χ1v) is 8.15. The van der Waals surface area contributed by atoms with Gasteiger partial charge in [0.15, 0.2) is 0 Å². The summed E-state index contributed by atoms with van der Waals surface area (Å²) in [5, 5.41) is 2.25. The monoisotopic (exact) mass is 316 g/mol. The Morgan fingerprint density at radius 1 is 0.833 bits per heavy atom. The minimum absolute atomic E-state index is 0.0257. The fraction of sp³-hybridized carbons (Fsp3) is 0.190. The van der Waals surface area contributed by atoms with Gasteiger partial charge in [0.05, 0.1) is 0 Å². The summed E-state index contributed by atoms with van der Waals surface area (Å²) in [5.74, 6) is 0. The molecular weight excluding hydrogens is 296 g/mol. The summed E-state index contributed by atoms with van der Waals surface area (Å²) >= 11 is 0. The summed E-state index contributed by atoms with van der Waals surface area (Å²) in [7, 11) is 1.83.